The third-order valence-electron chi connectivity index (χ3n) is 5.20. The molecule has 0 unspecified atom stereocenters. The topological polar surface area (TPSA) is 88.5 Å². The van der Waals surface area contributed by atoms with Gasteiger partial charge in [-0.2, -0.15) is 0 Å². The molecular weight excluding hydrogens is 526 g/mol. The zero-order chi connectivity index (χ0) is 26.2. The van der Waals surface area contributed by atoms with Crippen molar-refractivity contribution in [1.29, 1.82) is 0 Å². The van der Waals surface area contributed by atoms with Crippen molar-refractivity contribution in [2.75, 3.05) is 18.5 Å². The first-order chi connectivity index (χ1) is 17.2. The fourth-order valence-electron chi connectivity index (χ4n) is 3.34. The lowest BCUT2D eigenvalue weighted by atomic mass is 10.0. The van der Waals surface area contributed by atoms with Crippen molar-refractivity contribution in [1.82, 2.24) is 4.98 Å². The Hall–Kier alpha value is -2.78. The summed E-state index contributed by atoms with van der Waals surface area (Å²) in [5.41, 5.74) is 1.88. The number of aromatic nitrogens is 1. The number of hydrogen-bond acceptors (Lipinski definition) is 5. The summed E-state index contributed by atoms with van der Waals surface area (Å²) in [5, 5.41) is 14.0. The number of carbonyl (C=O) groups excluding carboxylic acids is 1. The predicted octanol–water partition coefficient (Wildman–Crippen LogP) is 7.36. The van der Waals surface area contributed by atoms with Crippen LogP contribution in [-0.2, 0) is 16.0 Å². The molecule has 2 N–H and O–H groups in total. The Balaban J connectivity index is 1.73. The summed E-state index contributed by atoms with van der Waals surface area (Å²) in [6.45, 7) is 4.72. The molecule has 2 aromatic carbocycles. The zero-order valence-corrected chi connectivity index (χ0v) is 22.1. The number of carboxylic acids is 1. The van der Waals surface area contributed by atoms with E-state index in [4.69, 9.17) is 33.0 Å². The highest BCUT2D eigenvalue weighted by atomic mass is 35.5. The summed E-state index contributed by atoms with van der Waals surface area (Å²) >= 11 is 13.6. The maximum absolute atomic E-state index is 15.1. The number of anilines is 1. The number of thiazole rings is 1. The fourth-order valence-corrected chi connectivity index (χ4v) is 4.64. The molecule has 0 aliphatic rings. The fraction of sp³-hybridized carbons (Fsp3) is 0.269. The molecule has 36 heavy (non-hydrogen) atoms. The number of aliphatic carboxylic acids is 1. The molecule has 0 bridgehead atoms. The number of ether oxygens (including phenoxy) is 1. The Morgan fingerprint density at radius 3 is 2.61 bits per heavy atom. The van der Waals surface area contributed by atoms with Crippen LogP contribution in [0.1, 0.15) is 48.2 Å². The average Bonchev–Trinajstić information content (AvgIpc) is 3.29. The molecule has 3 aromatic rings. The van der Waals surface area contributed by atoms with Crippen molar-refractivity contribution in [3.63, 3.8) is 0 Å². The van der Waals surface area contributed by atoms with Crippen LogP contribution in [0.15, 0.2) is 41.3 Å². The summed E-state index contributed by atoms with van der Waals surface area (Å²) in [6.07, 6.45) is 3.55. The van der Waals surface area contributed by atoms with Crippen molar-refractivity contribution in [3.8, 4) is 11.3 Å². The van der Waals surface area contributed by atoms with Gasteiger partial charge in [-0.1, -0.05) is 42.3 Å². The van der Waals surface area contributed by atoms with E-state index < -0.39 is 11.9 Å². The maximum Gasteiger partial charge on any atom is 0.331 e. The molecule has 1 amide bonds. The van der Waals surface area contributed by atoms with Gasteiger partial charge in [0.25, 0.3) is 5.91 Å². The summed E-state index contributed by atoms with van der Waals surface area (Å²) in [6, 6.07) is 7.97. The van der Waals surface area contributed by atoms with Crippen LogP contribution in [0.4, 0.5) is 9.52 Å². The number of carbonyl (C=O) groups is 2. The first-order valence-electron chi connectivity index (χ1n) is 11.2. The molecule has 0 fully saturated rings. The van der Waals surface area contributed by atoms with E-state index in [0.717, 1.165) is 17.8 Å². The van der Waals surface area contributed by atoms with Gasteiger partial charge in [-0.3, -0.25) is 10.1 Å². The lowest BCUT2D eigenvalue weighted by Gasteiger charge is -2.08. The molecule has 0 saturated carbocycles. The molecule has 3 rings (SSSR count). The Labute approximate surface area is 222 Å². The molecule has 10 heteroatoms. The monoisotopic (exact) mass is 550 g/mol. The van der Waals surface area contributed by atoms with Crippen molar-refractivity contribution in [2.45, 2.75) is 33.1 Å². The van der Waals surface area contributed by atoms with Crippen LogP contribution in [0, 0.1) is 5.82 Å². The Kier molecular flexibility index (Phi) is 10.0. The first-order valence-corrected chi connectivity index (χ1v) is 12.9. The van der Waals surface area contributed by atoms with Gasteiger partial charge in [-0.15, -0.1) is 11.3 Å². The average molecular weight is 551 g/mol. The van der Waals surface area contributed by atoms with Crippen LogP contribution in [0.25, 0.3) is 17.3 Å². The van der Waals surface area contributed by atoms with E-state index in [-0.39, 0.29) is 32.1 Å². The van der Waals surface area contributed by atoms with E-state index in [9.17, 15) is 9.59 Å². The standard InChI is InChI=1S/C26H25Cl2FN2O4S/c1-3-9-35-10-5-7-16-6-4-8-18(23(16)29)22-14-36-26(30-22)31-24(32)17-12-20(27)19(21(28)13-17)11-15(2)25(33)34/h4,6,8,11-14H,3,5,7,9-10H2,1-2H3,(H,33,34)(H,30,31,32). The highest BCUT2D eigenvalue weighted by molar-refractivity contribution is 7.14. The van der Waals surface area contributed by atoms with Crippen LogP contribution in [0.2, 0.25) is 10.0 Å². The number of carboxylic acid groups (broad SMARTS) is 1. The number of nitrogens with zero attached hydrogens (tertiary/aromatic N) is 1. The van der Waals surface area contributed by atoms with Gasteiger partial charge in [0.1, 0.15) is 5.82 Å². The number of hydrogen-bond donors (Lipinski definition) is 2. The summed E-state index contributed by atoms with van der Waals surface area (Å²) in [4.78, 5) is 28.2. The van der Waals surface area contributed by atoms with Gasteiger partial charge in [-0.25, -0.2) is 14.2 Å². The molecule has 6 nitrogen and oxygen atoms in total. The van der Waals surface area contributed by atoms with Crippen molar-refractivity contribution in [2.24, 2.45) is 0 Å². The van der Waals surface area contributed by atoms with E-state index in [0.29, 0.717) is 48.4 Å². The molecule has 190 valence electrons. The van der Waals surface area contributed by atoms with Crippen LogP contribution in [0.3, 0.4) is 0 Å². The third-order valence-corrected chi connectivity index (χ3v) is 6.59. The quantitative estimate of drug-likeness (QED) is 0.192. The Bertz CT molecular complexity index is 1270. The van der Waals surface area contributed by atoms with Gasteiger partial charge in [-0.05, 0) is 56.0 Å². The number of aryl methyl sites for hydroxylation is 1. The Morgan fingerprint density at radius 1 is 1.22 bits per heavy atom. The second-order valence-electron chi connectivity index (χ2n) is 7.97. The van der Waals surface area contributed by atoms with E-state index >= 15 is 4.39 Å². The lowest BCUT2D eigenvalue weighted by Crippen LogP contribution is -2.12. The van der Waals surface area contributed by atoms with E-state index in [1.807, 2.05) is 6.92 Å². The molecule has 0 aliphatic carbocycles. The number of halogens is 3. The molecule has 0 aliphatic heterocycles. The summed E-state index contributed by atoms with van der Waals surface area (Å²) in [5.74, 6) is -1.95. The van der Waals surface area contributed by atoms with Gasteiger partial charge in [0.2, 0.25) is 0 Å². The summed E-state index contributed by atoms with van der Waals surface area (Å²) < 4.78 is 20.6. The number of benzene rings is 2. The molecular formula is C26H25Cl2FN2O4S. The van der Waals surface area contributed by atoms with Crippen molar-refractivity contribution < 1.29 is 23.8 Å². The largest absolute Gasteiger partial charge is 0.478 e. The Morgan fingerprint density at radius 2 is 1.94 bits per heavy atom. The van der Waals surface area contributed by atoms with Crippen LogP contribution < -0.4 is 5.32 Å². The maximum atomic E-state index is 15.1. The second kappa shape index (κ2) is 13.0. The van der Waals surface area contributed by atoms with Crippen molar-refractivity contribution >= 4 is 57.6 Å². The van der Waals surface area contributed by atoms with Gasteiger partial charge in [0.05, 0.1) is 15.7 Å². The first kappa shape index (κ1) is 27.8. The molecule has 0 spiro atoms. The summed E-state index contributed by atoms with van der Waals surface area (Å²) in [7, 11) is 0. The minimum Gasteiger partial charge on any atom is -0.478 e. The molecule has 1 heterocycles. The highest BCUT2D eigenvalue weighted by Crippen LogP contribution is 2.31. The molecule has 0 atom stereocenters. The van der Waals surface area contributed by atoms with E-state index in [2.05, 4.69) is 10.3 Å². The van der Waals surface area contributed by atoms with Crippen molar-refractivity contribution in [3.05, 3.63) is 73.8 Å². The van der Waals surface area contributed by atoms with Gasteiger partial charge in [0, 0.05) is 40.9 Å². The molecule has 1 aromatic heterocycles. The smallest absolute Gasteiger partial charge is 0.331 e. The van der Waals surface area contributed by atoms with Gasteiger partial charge >= 0.3 is 5.97 Å². The third kappa shape index (κ3) is 7.13. The second-order valence-corrected chi connectivity index (χ2v) is 9.65. The normalized spacial score (nSPS) is 11.5. The van der Waals surface area contributed by atoms with E-state index in [1.165, 1.54) is 25.1 Å². The molecule has 0 radical (unpaired) electrons. The minimum absolute atomic E-state index is 0.0486. The highest BCUT2D eigenvalue weighted by Gasteiger charge is 2.17. The predicted molar refractivity (Wildman–Crippen MR) is 143 cm³/mol. The number of rotatable bonds is 11. The lowest BCUT2D eigenvalue weighted by molar-refractivity contribution is -0.132. The SMILES string of the molecule is CCCOCCCc1cccc(-c2csc(NC(=O)c3cc(Cl)c(C=C(C)C(=O)O)c(Cl)c3)n2)c1F. The minimum atomic E-state index is -1.11. The molecule has 0 saturated heterocycles. The van der Waals surface area contributed by atoms with Gasteiger partial charge in [0.15, 0.2) is 5.13 Å². The van der Waals surface area contributed by atoms with Gasteiger partial charge < -0.3 is 9.84 Å². The van der Waals surface area contributed by atoms with Crippen LogP contribution in [0.5, 0.6) is 0 Å². The van der Waals surface area contributed by atoms with E-state index in [1.54, 1.807) is 23.6 Å². The number of nitrogens with one attached hydrogen (secondary N) is 1. The zero-order valence-electron chi connectivity index (χ0n) is 19.7. The van der Waals surface area contributed by atoms with Crippen LogP contribution >= 0.6 is 34.5 Å². The number of amides is 1. The van der Waals surface area contributed by atoms with Crippen LogP contribution in [-0.4, -0.2) is 35.2 Å².